The van der Waals surface area contributed by atoms with Crippen LogP contribution in [0.2, 0.25) is 0 Å². The van der Waals surface area contributed by atoms with Crippen molar-refractivity contribution >= 4 is 29.0 Å². The standard InChI is InChI=1S/C24H24N6O/c1-3-25-24-26-17(2)16-22(29-24)27-19-8-10-20(11-9-19)28-23(31)18-6-12-21(13-7-18)30-14-4-5-15-30/h4-16H,3H2,1-2H3,(H,28,31)(H2,25,26,27,29). The van der Waals surface area contributed by atoms with Gasteiger partial charge in [0.25, 0.3) is 5.91 Å². The van der Waals surface area contributed by atoms with Crippen molar-refractivity contribution in [3.63, 3.8) is 0 Å². The van der Waals surface area contributed by atoms with E-state index < -0.39 is 0 Å². The van der Waals surface area contributed by atoms with Crippen molar-refractivity contribution in [1.29, 1.82) is 0 Å². The normalized spacial score (nSPS) is 10.5. The summed E-state index contributed by atoms with van der Waals surface area (Å²) in [6.45, 7) is 4.69. The molecule has 0 aliphatic heterocycles. The van der Waals surface area contributed by atoms with Crippen LogP contribution in [0, 0.1) is 6.92 Å². The lowest BCUT2D eigenvalue weighted by atomic mass is 10.2. The summed E-state index contributed by atoms with van der Waals surface area (Å²) in [5.74, 6) is 1.15. The van der Waals surface area contributed by atoms with Gasteiger partial charge in [-0.15, -0.1) is 0 Å². The van der Waals surface area contributed by atoms with Crippen molar-refractivity contribution in [3.8, 4) is 5.69 Å². The maximum Gasteiger partial charge on any atom is 0.255 e. The maximum atomic E-state index is 12.6. The van der Waals surface area contributed by atoms with Crippen molar-refractivity contribution in [2.24, 2.45) is 0 Å². The summed E-state index contributed by atoms with van der Waals surface area (Å²) in [7, 11) is 0. The smallest absolute Gasteiger partial charge is 0.255 e. The summed E-state index contributed by atoms with van der Waals surface area (Å²) >= 11 is 0. The highest BCUT2D eigenvalue weighted by atomic mass is 16.1. The van der Waals surface area contributed by atoms with Crippen LogP contribution in [-0.2, 0) is 0 Å². The monoisotopic (exact) mass is 412 g/mol. The summed E-state index contributed by atoms with van der Waals surface area (Å²) < 4.78 is 1.99. The van der Waals surface area contributed by atoms with E-state index in [1.54, 1.807) is 0 Å². The van der Waals surface area contributed by atoms with Crippen LogP contribution < -0.4 is 16.0 Å². The van der Waals surface area contributed by atoms with Crippen LogP contribution in [0.4, 0.5) is 23.1 Å². The van der Waals surface area contributed by atoms with Crippen LogP contribution in [0.1, 0.15) is 23.0 Å². The van der Waals surface area contributed by atoms with Gasteiger partial charge in [-0.2, -0.15) is 4.98 Å². The Bertz CT molecular complexity index is 1150. The number of amides is 1. The van der Waals surface area contributed by atoms with Gasteiger partial charge in [-0.1, -0.05) is 0 Å². The molecule has 0 saturated carbocycles. The molecule has 0 fully saturated rings. The molecule has 7 nitrogen and oxygen atoms in total. The number of benzene rings is 2. The summed E-state index contributed by atoms with van der Waals surface area (Å²) in [5, 5.41) is 9.32. The molecular formula is C24H24N6O. The third-order valence-corrected chi connectivity index (χ3v) is 4.64. The summed E-state index contributed by atoms with van der Waals surface area (Å²) in [5.41, 5.74) is 4.08. The third-order valence-electron chi connectivity index (χ3n) is 4.64. The van der Waals surface area contributed by atoms with Crippen molar-refractivity contribution in [2.75, 3.05) is 22.5 Å². The first kappa shape index (κ1) is 20.2. The average Bonchev–Trinajstić information content (AvgIpc) is 3.30. The van der Waals surface area contributed by atoms with E-state index in [0.29, 0.717) is 17.3 Å². The Hall–Kier alpha value is -4.13. The summed E-state index contributed by atoms with van der Waals surface area (Å²) in [6.07, 6.45) is 3.93. The van der Waals surface area contributed by atoms with Crippen molar-refractivity contribution < 1.29 is 4.79 Å². The van der Waals surface area contributed by atoms with E-state index in [0.717, 1.165) is 29.3 Å². The Morgan fingerprint density at radius 1 is 0.935 bits per heavy atom. The molecule has 0 saturated heterocycles. The Balaban J connectivity index is 1.40. The molecule has 4 rings (SSSR count). The molecule has 31 heavy (non-hydrogen) atoms. The Kier molecular flexibility index (Phi) is 5.93. The van der Waals surface area contributed by atoms with Gasteiger partial charge < -0.3 is 20.5 Å². The molecule has 7 heteroatoms. The highest BCUT2D eigenvalue weighted by Gasteiger charge is 2.07. The van der Waals surface area contributed by atoms with E-state index >= 15 is 0 Å². The van der Waals surface area contributed by atoms with E-state index in [1.807, 2.05) is 97.5 Å². The molecule has 156 valence electrons. The number of carbonyl (C=O) groups excluding carboxylic acids is 1. The molecule has 1 amide bonds. The zero-order valence-corrected chi connectivity index (χ0v) is 17.5. The van der Waals surface area contributed by atoms with E-state index in [-0.39, 0.29) is 5.91 Å². The molecule has 0 radical (unpaired) electrons. The molecule has 2 heterocycles. The second kappa shape index (κ2) is 9.13. The molecule has 0 unspecified atom stereocenters. The zero-order chi connectivity index (χ0) is 21.6. The highest BCUT2D eigenvalue weighted by molar-refractivity contribution is 6.04. The van der Waals surface area contributed by atoms with Gasteiger partial charge >= 0.3 is 0 Å². The van der Waals surface area contributed by atoms with Crippen LogP contribution in [0.3, 0.4) is 0 Å². The van der Waals surface area contributed by atoms with Gasteiger partial charge in [-0.05, 0) is 74.5 Å². The quantitative estimate of drug-likeness (QED) is 0.398. The van der Waals surface area contributed by atoms with Crippen LogP contribution in [0.5, 0.6) is 0 Å². The van der Waals surface area contributed by atoms with E-state index in [1.165, 1.54) is 0 Å². The fourth-order valence-corrected chi connectivity index (χ4v) is 3.15. The predicted octanol–water partition coefficient (Wildman–Crippen LogP) is 5.00. The average molecular weight is 412 g/mol. The first-order valence-electron chi connectivity index (χ1n) is 10.1. The van der Waals surface area contributed by atoms with Crippen LogP contribution in [0.15, 0.2) is 79.1 Å². The largest absolute Gasteiger partial charge is 0.354 e. The first-order chi connectivity index (χ1) is 15.1. The van der Waals surface area contributed by atoms with E-state index in [4.69, 9.17) is 0 Å². The van der Waals surface area contributed by atoms with E-state index in [9.17, 15) is 4.79 Å². The number of nitrogens with zero attached hydrogens (tertiary/aromatic N) is 3. The minimum Gasteiger partial charge on any atom is -0.354 e. The number of aryl methyl sites for hydroxylation is 1. The number of carbonyl (C=O) groups is 1. The molecule has 2 aromatic carbocycles. The number of rotatable bonds is 7. The maximum absolute atomic E-state index is 12.6. The Labute approximate surface area is 181 Å². The highest BCUT2D eigenvalue weighted by Crippen LogP contribution is 2.20. The lowest BCUT2D eigenvalue weighted by Gasteiger charge is -2.10. The van der Waals surface area contributed by atoms with Gasteiger partial charge in [0.1, 0.15) is 5.82 Å². The topological polar surface area (TPSA) is 83.9 Å². The Morgan fingerprint density at radius 2 is 1.61 bits per heavy atom. The zero-order valence-electron chi connectivity index (χ0n) is 17.5. The SMILES string of the molecule is CCNc1nc(C)cc(Nc2ccc(NC(=O)c3ccc(-n4cccc4)cc3)cc2)n1. The molecule has 2 aromatic heterocycles. The van der Waals surface area contributed by atoms with Gasteiger partial charge in [0, 0.05) is 53.3 Å². The Morgan fingerprint density at radius 3 is 2.29 bits per heavy atom. The third kappa shape index (κ3) is 5.08. The lowest BCUT2D eigenvalue weighted by molar-refractivity contribution is 0.102. The molecule has 3 N–H and O–H groups in total. The van der Waals surface area contributed by atoms with Gasteiger partial charge in [0.2, 0.25) is 5.95 Å². The molecule has 4 aromatic rings. The fourth-order valence-electron chi connectivity index (χ4n) is 3.15. The van der Waals surface area contributed by atoms with Crippen molar-refractivity contribution in [2.45, 2.75) is 13.8 Å². The van der Waals surface area contributed by atoms with Crippen molar-refractivity contribution in [3.05, 3.63) is 90.4 Å². The minimum absolute atomic E-state index is 0.151. The van der Waals surface area contributed by atoms with Gasteiger partial charge in [-0.25, -0.2) is 4.98 Å². The van der Waals surface area contributed by atoms with Gasteiger partial charge in [0.15, 0.2) is 0 Å². The first-order valence-corrected chi connectivity index (χ1v) is 10.1. The number of hydrogen-bond acceptors (Lipinski definition) is 5. The molecule has 0 atom stereocenters. The molecule has 0 aliphatic carbocycles. The van der Waals surface area contributed by atoms with E-state index in [2.05, 4.69) is 25.9 Å². The van der Waals surface area contributed by atoms with Crippen LogP contribution >= 0.6 is 0 Å². The molecule has 0 bridgehead atoms. The number of nitrogens with one attached hydrogen (secondary N) is 3. The van der Waals surface area contributed by atoms with Crippen LogP contribution in [0.25, 0.3) is 5.69 Å². The minimum atomic E-state index is -0.151. The van der Waals surface area contributed by atoms with Crippen LogP contribution in [-0.4, -0.2) is 27.0 Å². The summed E-state index contributed by atoms with van der Waals surface area (Å²) in [6, 6.07) is 20.8. The molecule has 0 aliphatic rings. The second-order valence-corrected chi connectivity index (χ2v) is 7.04. The molecule has 0 spiro atoms. The summed E-state index contributed by atoms with van der Waals surface area (Å²) in [4.78, 5) is 21.4. The number of aromatic nitrogens is 3. The second-order valence-electron chi connectivity index (χ2n) is 7.04. The van der Waals surface area contributed by atoms with Gasteiger partial charge in [0.05, 0.1) is 0 Å². The molecular weight excluding hydrogens is 388 g/mol. The van der Waals surface area contributed by atoms with Gasteiger partial charge in [-0.3, -0.25) is 4.79 Å². The lowest BCUT2D eigenvalue weighted by Crippen LogP contribution is -2.11. The predicted molar refractivity (Wildman–Crippen MR) is 124 cm³/mol. The van der Waals surface area contributed by atoms with Crippen molar-refractivity contribution in [1.82, 2.24) is 14.5 Å². The number of anilines is 4. The number of hydrogen-bond donors (Lipinski definition) is 3. The fraction of sp³-hybridized carbons (Fsp3) is 0.125.